The number of nitro groups is 1. The first-order chi connectivity index (χ1) is 5.71. The number of hydrogen-bond donors (Lipinski definition) is 1. The largest absolute Gasteiger partial charge is 0.270 e. The van der Waals surface area contributed by atoms with Gasteiger partial charge in [-0.25, -0.2) is 4.89 Å². The Morgan fingerprint density at radius 3 is 2.83 bits per heavy atom. The molecule has 0 heterocycles. The second kappa shape index (κ2) is 3.46. The van der Waals surface area contributed by atoms with Crippen molar-refractivity contribution in [1.82, 2.24) is 0 Å². The molecule has 0 aromatic heterocycles. The fraction of sp³-hybridized carbons (Fsp3) is 0.429. The first-order valence-corrected chi connectivity index (χ1v) is 3.46. The predicted octanol–water partition coefficient (Wildman–Crippen LogP) is 1.01. The molecule has 0 aromatic carbocycles. The van der Waals surface area contributed by atoms with Gasteiger partial charge in [-0.1, -0.05) is 18.2 Å². The van der Waals surface area contributed by atoms with Gasteiger partial charge in [0, 0.05) is 11.3 Å². The fourth-order valence-corrected chi connectivity index (χ4v) is 1.06. The lowest BCUT2D eigenvalue weighted by Gasteiger charge is -2.19. The van der Waals surface area contributed by atoms with Crippen molar-refractivity contribution in [3.8, 4) is 0 Å². The van der Waals surface area contributed by atoms with Crippen LogP contribution in [0.15, 0.2) is 24.3 Å². The Balaban J connectivity index is 2.80. The molecule has 1 aliphatic rings. The molecule has 0 amide bonds. The van der Waals surface area contributed by atoms with Crippen LogP contribution >= 0.6 is 0 Å². The molecule has 0 aromatic rings. The summed E-state index contributed by atoms with van der Waals surface area (Å²) < 4.78 is 0. The van der Waals surface area contributed by atoms with Gasteiger partial charge in [-0.05, 0) is 6.08 Å². The molecule has 0 fully saturated rings. The first kappa shape index (κ1) is 8.89. The Labute approximate surface area is 69.0 Å². The van der Waals surface area contributed by atoms with Gasteiger partial charge in [0.25, 0.3) is 5.54 Å². The van der Waals surface area contributed by atoms with Gasteiger partial charge in [0.1, 0.15) is 0 Å². The van der Waals surface area contributed by atoms with Crippen LogP contribution in [0.5, 0.6) is 0 Å². The molecule has 1 N–H and O–H groups in total. The topological polar surface area (TPSA) is 72.6 Å². The van der Waals surface area contributed by atoms with E-state index >= 15 is 0 Å². The van der Waals surface area contributed by atoms with Crippen molar-refractivity contribution in [2.24, 2.45) is 0 Å². The molecule has 1 unspecified atom stereocenters. The van der Waals surface area contributed by atoms with Gasteiger partial charge in [0.2, 0.25) is 0 Å². The normalized spacial score (nSPS) is 27.4. The van der Waals surface area contributed by atoms with E-state index in [-0.39, 0.29) is 13.0 Å². The van der Waals surface area contributed by atoms with Crippen molar-refractivity contribution in [1.29, 1.82) is 0 Å². The molecule has 0 radical (unpaired) electrons. The summed E-state index contributed by atoms with van der Waals surface area (Å²) in [5.41, 5.74) is -1.29. The summed E-state index contributed by atoms with van der Waals surface area (Å²) in [5.74, 6) is 0. The third-order valence-electron chi connectivity index (χ3n) is 1.80. The summed E-state index contributed by atoms with van der Waals surface area (Å²) in [6.07, 6.45) is 6.63. The molecule has 66 valence electrons. The van der Waals surface area contributed by atoms with Crippen molar-refractivity contribution in [3.63, 3.8) is 0 Å². The minimum atomic E-state index is -1.29. The van der Waals surface area contributed by atoms with Crippen molar-refractivity contribution < 1.29 is 15.1 Å². The Bertz CT molecular complexity index is 236. The van der Waals surface area contributed by atoms with Crippen molar-refractivity contribution >= 4 is 0 Å². The molecule has 0 saturated heterocycles. The first-order valence-electron chi connectivity index (χ1n) is 3.46. The highest BCUT2D eigenvalue weighted by molar-refractivity contribution is 5.18. The van der Waals surface area contributed by atoms with Gasteiger partial charge < -0.3 is 0 Å². The van der Waals surface area contributed by atoms with E-state index in [0.717, 1.165) is 0 Å². The summed E-state index contributed by atoms with van der Waals surface area (Å²) in [6.45, 7) is -0.319. The van der Waals surface area contributed by atoms with Crippen LogP contribution in [0.2, 0.25) is 0 Å². The summed E-state index contributed by atoms with van der Waals surface area (Å²) in [5, 5.41) is 18.8. The molecule has 1 atom stereocenters. The van der Waals surface area contributed by atoms with Gasteiger partial charge in [-0.3, -0.25) is 15.4 Å². The van der Waals surface area contributed by atoms with Crippen LogP contribution in [0.25, 0.3) is 0 Å². The zero-order chi connectivity index (χ0) is 9.03. The van der Waals surface area contributed by atoms with Crippen LogP contribution < -0.4 is 0 Å². The van der Waals surface area contributed by atoms with Crippen LogP contribution in [-0.2, 0) is 4.89 Å². The van der Waals surface area contributed by atoms with Crippen molar-refractivity contribution in [2.75, 3.05) is 6.61 Å². The average molecular weight is 171 g/mol. The Morgan fingerprint density at radius 1 is 1.67 bits per heavy atom. The molecule has 1 rings (SSSR count). The zero-order valence-electron chi connectivity index (χ0n) is 6.34. The molecule has 5 nitrogen and oxygen atoms in total. The van der Waals surface area contributed by atoms with E-state index in [2.05, 4.69) is 4.89 Å². The molecule has 1 aliphatic carbocycles. The van der Waals surface area contributed by atoms with Gasteiger partial charge in [-0.2, -0.15) is 0 Å². The van der Waals surface area contributed by atoms with E-state index in [9.17, 15) is 10.1 Å². The molecular weight excluding hydrogens is 162 g/mol. The highest BCUT2D eigenvalue weighted by Gasteiger charge is 2.40. The van der Waals surface area contributed by atoms with E-state index < -0.39 is 10.5 Å². The number of allylic oxidation sites excluding steroid dienone is 2. The molecule has 0 spiro atoms. The van der Waals surface area contributed by atoms with E-state index in [1.54, 1.807) is 18.2 Å². The quantitative estimate of drug-likeness (QED) is 0.390. The van der Waals surface area contributed by atoms with Crippen molar-refractivity contribution in [2.45, 2.75) is 12.0 Å². The number of nitrogens with zero attached hydrogens (tertiary/aromatic N) is 1. The van der Waals surface area contributed by atoms with Gasteiger partial charge in [-0.15, -0.1) is 0 Å². The molecule has 12 heavy (non-hydrogen) atoms. The van der Waals surface area contributed by atoms with Crippen LogP contribution in [0.1, 0.15) is 6.42 Å². The number of rotatable bonds is 3. The monoisotopic (exact) mass is 171 g/mol. The highest BCUT2D eigenvalue weighted by atomic mass is 17.1. The zero-order valence-corrected chi connectivity index (χ0v) is 6.34. The fourth-order valence-electron chi connectivity index (χ4n) is 1.06. The smallest absolute Gasteiger partial charge is 0.264 e. The maximum atomic E-state index is 10.6. The lowest BCUT2D eigenvalue weighted by molar-refractivity contribution is -0.566. The van der Waals surface area contributed by atoms with Crippen LogP contribution in [-0.4, -0.2) is 22.3 Å². The van der Waals surface area contributed by atoms with E-state index in [1.807, 2.05) is 0 Å². The number of hydrogen-bond acceptors (Lipinski definition) is 4. The van der Waals surface area contributed by atoms with Gasteiger partial charge in [0.05, 0.1) is 0 Å². The summed E-state index contributed by atoms with van der Waals surface area (Å²) in [6, 6.07) is 0. The van der Waals surface area contributed by atoms with Crippen LogP contribution in [0.4, 0.5) is 0 Å². The van der Waals surface area contributed by atoms with E-state index in [4.69, 9.17) is 5.26 Å². The summed E-state index contributed by atoms with van der Waals surface area (Å²) in [7, 11) is 0. The minimum Gasteiger partial charge on any atom is -0.264 e. The maximum Gasteiger partial charge on any atom is 0.270 e. The standard InChI is InChI=1S/C7H9NO4/c9-8(10)7(6-12-11)4-2-1-3-5-7/h1-4,11H,5-6H2. The Kier molecular flexibility index (Phi) is 2.57. The SMILES string of the molecule is O=[N+]([O-])C1(COO)C=CC=CC1. The maximum absolute atomic E-state index is 10.6. The highest BCUT2D eigenvalue weighted by Crippen LogP contribution is 2.21. The Hall–Kier alpha value is -1.20. The third kappa shape index (κ3) is 1.51. The predicted molar refractivity (Wildman–Crippen MR) is 41.2 cm³/mol. The molecule has 5 heteroatoms. The van der Waals surface area contributed by atoms with E-state index in [1.165, 1.54) is 6.08 Å². The average Bonchev–Trinajstić information content (AvgIpc) is 2.06. The van der Waals surface area contributed by atoms with Gasteiger partial charge in [0.15, 0.2) is 6.61 Å². The second-order valence-electron chi connectivity index (χ2n) is 2.63. The lowest BCUT2D eigenvalue weighted by Crippen LogP contribution is -2.41. The minimum absolute atomic E-state index is 0.247. The van der Waals surface area contributed by atoms with Gasteiger partial charge >= 0.3 is 0 Å². The molecule has 0 aliphatic heterocycles. The summed E-state index contributed by atoms with van der Waals surface area (Å²) in [4.78, 5) is 14.0. The van der Waals surface area contributed by atoms with E-state index in [0.29, 0.717) is 0 Å². The molecular formula is C7H9NO4. The Morgan fingerprint density at radius 2 is 2.42 bits per heavy atom. The lowest BCUT2D eigenvalue weighted by atomic mass is 9.93. The third-order valence-corrected chi connectivity index (χ3v) is 1.80. The molecule has 0 saturated carbocycles. The van der Waals surface area contributed by atoms with Crippen LogP contribution in [0.3, 0.4) is 0 Å². The summed E-state index contributed by atoms with van der Waals surface area (Å²) >= 11 is 0. The van der Waals surface area contributed by atoms with Crippen molar-refractivity contribution in [3.05, 3.63) is 34.4 Å². The van der Waals surface area contributed by atoms with Crippen LogP contribution in [0, 0.1) is 10.1 Å². The second-order valence-corrected chi connectivity index (χ2v) is 2.63. The molecule has 0 bridgehead atoms.